The molecule has 0 atom stereocenters. The molecule has 0 fully saturated rings. The van der Waals surface area contributed by atoms with Gasteiger partial charge in [-0.1, -0.05) is 0 Å². The van der Waals surface area contributed by atoms with E-state index in [1.165, 1.54) is 19.1 Å². The highest BCUT2D eigenvalue weighted by atomic mass is 16.6. The van der Waals surface area contributed by atoms with E-state index < -0.39 is 17.4 Å². The topological polar surface area (TPSA) is 92.0 Å². The summed E-state index contributed by atoms with van der Waals surface area (Å²) in [6.07, 6.45) is 0. The molecule has 0 spiro atoms. The first-order valence-corrected chi connectivity index (χ1v) is 8.45. The van der Waals surface area contributed by atoms with Crippen LogP contribution in [0, 0.1) is 6.92 Å². The predicted molar refractivity (Wildman–Crippen MR) is 101 cm³/mol. The second-order valence-corrected chi connectivity index (χ2v) is 6.06. The van der Waals surface area contributed by atoms with Crippen molar-refractivity contribution in [1.82, 2.24) is 0 Å². The van der Waals surface area contributed by atoms with Crippen LogP contribution < -0.4 is 19.8 Å². The molecule has 0 aliphatic carbocycles. The Bertz CT molecular complexity index is 1090. The Hall–Kier alpha value is -3.61. The van der Waals surface area contributed by atoms with Gasteiger partial charge in [0.2, 0.25) is 0 Å². The van der Waals surface area contributed by atoms with Gasteiger partial charge in [-0.15, -0.1) is 0 Å². The van der Waals surface area contributed by atoms with E-state index in [2.05, 4.69) is 0 Å². The lowest BCUT2D eigenvalue weighted by molar-refractivity contribution is -0.136. The Morgan fingerprint density at radius 2 is 1.71 bits per heavy atom. The number of carbonyl (C=O) groups is 2. The normalized spacial score (nSPS) is 10.5. The van der Waals surface area contributed by atoms with E-state index in [0.717, 1.165) is 0 Å². The summed E-state index contributed by atoms with van der Waals surface area (Å²) in [6, 6.07) is 11.2. The van der Waals surface area contributed by atoms with E-state index in [1.54, 1.807) is 44.4 Å². The quantitative estimate of drug-likeness (QED) is 0.279. The summed E-state index contributed by atoms with van der Waals surface area (Å²) >= 11 is 0. The van der Waals surface area contributed by atoms with Crippen LogP contribution in [0.5, 0.6) is 17.2 Å². The molecule has 3 rings (SSSR count). The fourth-order valence-corrected chi connectivity index (χ4v) is 2.75. The first-order valence-electron chi connectivity index (χ1n) is 8.45. The number of rotatable bonds is 6. The largest absolute Gasteiger partial charge is 0.497 e. The van der Waals surface area contributed by atoms with Gasteiger partial charge in [0, 0.05) is 11.5 Å². The van der Waals surface area contributed by atoms with Crippen molar-refractivity contribution in [3.8, 4) is 17.2 Å². The fraction of sp³-hybridized carbons (Fsp3) is 0.190. The van der Waals surface area contributed by atoms with Crippen LogP contribution in [0.15, 0.2) is 51.7 Å². The number of Topliss-reactive ketones (excluding diaryl/α,β-unsaturated/α-hetero) is 1. The SMILES string of the molecule is COc1ccc(OCC(=O)Oc2ccc3c(C)cc(=O)oc3c2C(C)=O)cc1. The Labute approximate surface area is 160 Å². The second-order valence-electron chi connectivity index (χ2n) is 6.06. The molecule has 0 radical (unpaired) electrons. The summed E-state index contributed by atoms with van der Waals surface area (Å²) < 4.78 is 20.9. The maximum Gasteiger partial charge on any atom is 0.349 e. The molecular weight excluding hydrogens is 364 g/mol. The highest BCUT2D eigenvalue weighted by molar-refractivity contribution is 6.08. The van der Waals surface area contributed by atoms with Gasteiger partial charge in [0.1, 0.15) is 22.8 Å². The molecule has 144 valence electrons. The van der Waals surface area contributed by atoms with E-state index in [0.29, 0.717) is 22.4 Å². The summed E-state index contributed by atoms with van der Waals surface area (Å²) in [5.41, 5.74) is 0.211. The lowest BCUT2D eigenvalue weighted by atomic mass is 10.0. The molecular formula is C21H18O7. The van der Waals surface area contributed by atoms with Crippen molar-refractivity contribution in [2.75, 3.05) is 13.7 Å². The molecule has 0 amide bonds. The van der Waals surface area contributed by atoms with Crippen LogP contribution >= 0.6 is 0 Å². The minimum atomic E-state index is -0.701. The van der Waals surface area contributed by atoms with Crippen LogP contribution in [0.4, 0.5) is 0 Å². The standard InChI is InChI=1S/C21H18O7/c1-12-10-18(23)28-21-16(12)8-9-17(20(21)13(2)22)27-19(24)11-26-15-6-4-14(25-3)5-7-15/h4-10H,11H2,1-3H3. The van der Waals surface area contributed by atoms with Crippen molar-refractivity contribution >= 4 is 22.7 Å². The highest BCUT2D eigenvalue weighted by Gasteiger charge is 2.19. The van der Waals surface area contributed by atoms with E-state index >= 15 is 0 Å². The number of fused-ring (bicyclic) bond motifs is 1. The number of benzene rings is 2. The van der Waals surface area contributed by atoms with Gasteiger partial charge in [0.15, 0.2) is 18.0 Å². The number of ketones is 1. The van der Waals surface area contributed by atoms with Gasteiger partial charge in [0.25, 0.3) is 0 Å². The Morgan fingerprint density at radius 1 is 1.04 bits per heavy atom. The van der Waals surface area contributed by atoms with Crippen LogP contribution in [0.1, 0.15) is 22.8 Å². The van der Waals surface area contributed by atoms with E-state index in [1.807, 2.05) is 0 Å². The summed E-state index contributed by atoms with van der Waals surface area (Å²) in [5, 5.41) is 0.596. The third-order valence-corrected chi connectivity index (χ3v) is 4.07. The Morgan fingerprint density at radius 3 is 2.36 bits per heavy atom. The van der Waals surface area contributed by atoms with Crippen molar-refractivity contribution in [2.45, 2.75) is 13.8 Å². The summed E-state index contributed by atoms with van der Waals surface area (Å²) in [7, 11) is 1.55. The summed E-state index contributed by atoms with van der Waals surface area (Å²) in [6.45, 7) is 2.68. The van der Waals surface area contributed by atoms with Crippen LogP contribution in [0.2, 0.25) is 0 Å². The van der Waals surface area contributed by atoms with E-state index in [9.17, 15) is 14.4 Å². The molecule has 28 heavy (non-hydrogen) atoms. The molecule has 7 heteroatoms. The second kappa shape index (κ2) is 7.96. The summed E-state index contributed by atoms with van der Waals surface area (Å²) in [5.74, 6) is 0.0432. The van der Waals surface area contributed by atoms with E-state index in [4.69, 9.17) is 18.6 Å². The highest BCUT2D eigenvalue weighted by Crippen LogP contribution is 2.29. The number of methoxy groups -OCH3 is 1. The van der Waals surface area contributed by atoms with Gasteiger partial charge < -0.3 is 18.6 Å². The molecule has 0 aliphatic rings. The predicted octanol–water partition coefficient (Wildman–Crippen LogP) is 3.30. The van der Waals surface area contributed by atoms with Gasteiger partial charge in [0.05, 0.1) is 7.11 Å². The fourth-order valence-electron chi connectivity index (χ4n) is 2.75. The smallest absolute Gasteiger partial charge is 0.349 e. The molecule has 0 saturated heterocycles. The minimum absolute atomic E-state index is 0.0112. The molecule has 0 N–H and O–H groups in total. The molecule has 2 aromatic carbocycles. The Balaban J connectivity index is 1.82. The molecule has 1 aromatic heterocycles. The zero-order chi connectivity index (χ0) is 20.3. The molecule has 0 bridgehead atoms. The van der Waals surface area contributed by atoms with Crippen molar-refractivity contribution in [2.24, 2.45) is 0 Å². The zero-order valence-electron chi connectivity index (χ0n) is 15.6. The lowest BCUT2D eigenvalue weighted by Crippen LogP contribution is -2.19. The number of carbonyl (C=O) groups excluding carboxylic acids is 2. The van der Waals surface area contributed by atoms with Gasteiger partial charge >= 0.3 is 11.6 Å². The van der Waals surface area contributed by atoms with Crippen LogP contribution in [0.3, 0.4) is 0 Å². The number of aryl methyl sites for hydroxylation is 1. The molecule has 0 aliphatic heterocycles. The van der Waals surface area contributed by atoms with Crippen LogP contribution in [-0.2, 0) is 4.79 Å². The van der Waals surface area contributed by atoms with Gasteiger partial charge in [-0.05, 0) is 55.8 Å². The van der Waals surface area contributed by atoms with Gasteiger partial charge in [-0.3, -0.25) is 4.79 Å². The number of hydrogen-bond acceptors (Lipinski definition) is 7. The average molecular weight is 382 g/mol. The number of hydrogen-bond donors (Lipinski definition) is 0. The van der Waals surface area contributed by atoms with Crippen molar-refractivity contribution in [3.05, 3.63) is 64.0 Å². The zero-order valence-corrected chi connectivity index (χ0v) is 15.6. The molecule has 0 unspecified atom stereocenters. The maximum absolute atomic E-state index is 12.2. The first-order chi connectivity index (χ1) is 13.4. The average Bonchev–Trinajstić information content (AvgIpc) is 2.66. The molecule has 7 nitrogen and oxygen atoms in total. The number of ether oxygens (including phenoxy) is 3. The molecule has 3 aromatic rings. The monoisotopic (exact) mass is 382 g/mol. The minimum Gasteiger partial charge on any atom is -0.497 e. The summed E-state index contributed by atoms with van der Waals surface area (Å²) in [4.78, 5) is 36.0. The third kappa shape index (κ3) is 4.03. The van der Waals surface area contributed by atoms with Gasteiger partial charge in [-0.25, -0.2) is 9.59 Å². The molecule has 0 saturated carbocycles. The first kappa shape index (κ1) is 19.2. The lowest BCUT2D eigenvalue weighted by Gasteiger charge is -2.11. The van der Waals surface area contributed by atoms with Crippen molar-refractivity contribution in [1.29, 1.82) is 0 Å². The number of esters is 1. The third-order valence-electron chi connectivity index (χ3n) is 4.07. The van der Waals surface area contributed by atoms with Crippen LogP contribution in [-0.4, -0.2) is 25.5 Å². The van der Waals surface area contributed by atoms with Crippen molar-refractivity contribution < 1.29 is 28.2 Å². The van der Waals surface area contributed by atoms with E-state index in [-0.39, 0.29) is 23.5 Å². The van der Waals surface area contributed by atoms with Crippen molar-refractivity contribution in [3.63, 3.8) is 0 Å². The Kier molecular flexibility index (Phi) is 5.44. The molecule has 1 heterocycles. The van der Waals surface area contributed by atoms with Crippen LogP contribution in [0.25, 0.3) is 11.0 Å². The van der Waals surface area contributed by atoms with Gasteiger partial charge in [-0.2, -0.15) is 0 Å². The maximum atomic E-state index is 12.2.